The summed E-state index contributed by atoms with van der Waals surface area (Å²) in [5.74, 6) is -0.544. The van der Waals surface area contributed by atoms with Gasteiger partial charge in [-0.15, -0.1) is 0 Å². The molecule has 0 aliphatic rings. The quantitative estimate of drug-likeness (QED) is 0.868. The van der Waals surface area contributed by atoms with Gasteiger partial charge in [0.2, 0.25) is 0 Å². The van der Waals surface area contributed by atoms with E-state index in [1.807, 2.05) is 6.92 Å². The topological polar surface area (TPSA) is 74.0 Å². The molecule has 0 aliphatic heterocycles. The van der Waals surface area contributed by atoms with Crippen LogP contribution in [0.2, 0.25) is 5.02 Å². The first-order valence-corrected chi connectivity index (χ1v) is 6.87. The van der Waals surface area contributed by atoms with Crippen LogP contribution in [0, 0.1) is 0 Å². The largest absolute Gasteiger partial charge is 0.411 e. The Balaban J connectivity index is 1.93. The van der Waals surface area contributed by atoms with Gasteiger partial charge >= 0.3 is 6.18 Å². The van der Waals surface area contributed by atoms with Gasteiger partial charge in [0, 0.05) is 12.7 Å². The second-order valence-corrected chi connectivity index (χ2v) is 4.90. The molecular weight excluding hydrogens is 339 g/mol. The van der Waals surface area contributed by atoms with E-state index in [1.165, 1.54) is 23.3 Å². The molecule has 1 amide bonds. The van der Waals surface area contributed by atoms with E-state index < -0.39 is 18.7 Å². The fourth-order valence-electron chi connectivity index (χ4n) is 1.66. The normalized spacial score (nSPS) is 11.7. The standard InChI is InChI=1S/C12H13ClF3N5O2/c1-2-20-5-9(13)10(19-20)11(22)18-8-3-17-21(4-8)7-23-6-12(14,15)16/h3-5H,2,6-7H2,1H3,(H,18,22). The first kappa shape index (κ1) is 17.3. The lowest BCUT2D eigenvalue weighted by molar-refractivity contribution is -0.182. The molecule has 0 radical (unpaired) electrons. The zero-order chi connectivity index (χ0) is 17.0. The lowest BCUT2D eigenvalue weighted by atomic mass is 10.4. The van der Waals surface area contributed by atoms with Gasteiger partial charge < -0.3 is 10.1 Å². The van der Waals surface area contributed by atoms with Crippen molar-refractivity contribution in [2.24, 2.45) is 0 Å². The van der Waals surface area contributed by atoms with Crippen LogP contribution in [-0.4, -0.2) is 38.3 Å². The second kappa shape index (κ2) is 7.01. The summed E-state index contributed by atoms with van der Waals surface area (Å²) in [6, 6.07) is 0. The maximum atomic E-state index is 12.0. The molecule has 2 aromatic rings. The molecule has 0 bridgehead atoms. The van der Waals surface area contributed by atoms with E-state index >= 15 is 0 Å². The third-order valence-corrected chi connectivity index (χ3v) is 2.91. The van der Waals surface area contributed by atoms with E-state index in [1.54, 1.807) is 0 Å². The van der Waals surface area contributed by atoms with Crippen molar-refractivity contribution in [3.63, 3.8) is 0 Å². The number of aromatic nitrogens is 4. The smallest absolute Gasteiger partial charge is 0.350 e. The van der Waals surface area contributed by atoms with Crippen molar-refractivity contribution in [1.82, 2.24) is 19.6 Å². The van der Waals surface area contributed by atoms with Crippen molar-refractivity contribution in [3.8, 4) is 0 Å². The number of ether oxygens (including phenoxy) is 1. The molecule has 0 saturated heterocycles. The Hall–Kier alpha value is -2.07. The van der Waals surface area contributed by atoms with E-state index in [0.717, 1.165) is 4.68 Å². The third-order valence-electron chi connectivity index (χ3n) is 2.64. The first-order valence-electron chi connectivity index (χ1n) is 6.49. The summed E-state index contributed by atoms with van der Waals surface area (Å²) >= 11 is 5.91. The number of carbonyl (C=O) groups excluding carboxylic acids is 1. The number of rotatable bonds is 6. The summed E-state index contributed by atoms with van der Waals surface area (Å²) in [4.78, 5) is 12.0. The average molecular weight is 352 g/mol. The van der Waals surface area contributed by atoms with Crippen LogP contribution in [0.4, 0.5) is 18.9 Å². The minimum Gasteiger partial charge on any atom is -0.350 e. The number of nitrogens with zero attached hydrogens (tertiary/aromatic N) is 4. The van der Waals surface area contributed by atoms with Crippen molar-refractivity contribution in [2.45, 2.75) is 26.4 Å². The zero-order valence-electron chi connectivity index (χ0n) is 12.0. The van der Waals surface area contributed by atoms with Crippen LogP contribution in [0.5, 0.6) is 0 Å². The van der Waals surface area contributed by atoms with Crippen LogP contribution < -0.4 is 5.32 Å². The molecule has 7 nitrogen and oxygen atoms in total. The molecule has 1 N–H and O–H groups in total. The Labute approximate surface area is 134 Å². The molecular formula is C12H13ClF3N5O2. The van der Waals surface area contributed by atoms with Gasteiger partial charge in [0.05, 0.1) is 23.1 Å². The number of anilines is 1. The first-order chi connectivity index (χ1) is 10.8. The van der Waals surface area contributed by atoms with Gasteiger partial charge in [0.25, 0.3) is 5.91 Å². The number of amides is 1. The number of halogens is 4. The predicted molar refractivity (Wildman–Crippen MR) is 75.1 cm³/mol. The number of aryl methyl sites for hydroxylation is 1. The minimum atomic E-state index is -4.40. The SMILES string of the molecule is CCn1cc(Cl)c(C(=O)Nc2cnn(COCC(F)(F)F)c2)n1. The molecule has 0 saturated carbocycles. The molecule has 23 heavy (non-hydrogen) atoms. The second-order valence-electron chi connectivity index (χ2n) is 4.50. The molecule has 0 unspecified atom stereocenters. The molecule has 0 aliphatic carbocycles. The van der Waals surface area contributed by atoms with Gasteiger partial charge in [0.15, 0.2) is 5.69 Å². The van der Waals surface area contributed by atoms with E-state index in [4.69, 9.17) is 11.6 Å². The van der Waals surface area contributed by atoms with Crippen LogP contribution in [0.25, 0.3) is 0 Å². The highest BCUT2D eigenvalue weighted by Gasteiger charge is 2.27. The van der Waals surface area contributed by atoms with Gasteiger partial charge in [-0.2, -0.15) is 23.4 Å². The molecule has 11 heteroatoms. The highest BCUT2D eigenvalue weighted by molar-refractivity contribution is 6.34. The molecule has 0 aromatic carbocycles. The van der Waals surface area contributed by atoms with Crippen molar-refractivity contribution < 1.29 is 22.7 Å². The van der Waals surface area contributed by atoms with Crippen molar-refractivity contribution in [1.29, 1.82) is 0 Å². The number of hydrogen-bond donors (Lipinski definition) is 1. The van der Waals surface area contributed by atoms with E-state index in [-0.39, 0.29) is 23.1 Å². The molecule has 0 spiro atoms. The Kier molecular flexibility index (Phi) is 5.26. The lowest BCUT2D eigenvalue weighted by Gasteiger charge is -2.07. The summed E-state index contributed by atoms with van der Waals surface area (Å²) in [5, 5.41) is 10.5. The fourth-order valence-corrected chi connectivity index (χ4v) is 1.89. The van der Waals surface area contributed by atoms with E-state index in [9.17, 15) is 18.0 Å². The number of alkyl halides is 3. The number of carbonyl (C=O) groups is 1. The predicted octanol–water partition coefficient (Wildman–Crippen LogP) is 2.54. The summed E-state index contributed by atoms with van der Waals surface area (Å²) in [6.45, 7) is 0.636. The van der Waals surface area contributed by atoms with Crippen molar-refractivity contribution in [3.05, 3.63) is 29.3 Å². The maximum absolute atomic E-state index is 12.0. The molecule has 0 fully saturated rings. The zero-order valence-corrected chi connectivity index (χ0v) is 12.7. The Morgan fingerprint density at radius 1 is 1.39 bits per heavy atom. The highest BCUT2D eigenvalue weighted by Crippen LogP contribution is 2.17. The third kappa shape index (κ3) is 4.96. The molecule has 2 heterocycles. The summed E-state index contributed by atoms with van der Waals surface area (Å²) in [6.07, 6.45) is -0.275. The number of nitrogens with one attached hydrogen (secondary N) is 1. The van der Waals surface area contributed by atoms with Crippen LogP contribution >= 0.6 is 11.6 Å². The molecule has 2 aromatic heterocycles. The van der Waals surface area contributed by atoms with Crippen LogP contribution in [-0.2, 0) is 18.0 Å². The van der Waals surface area contributed by atoms with Crippen molar-refractivity contribution >= 4 is 23.2 Å². The summed E-state index contributed by atoms with van der Waals surface area (Å²) in [5.41, 5.74) is 0.335. The van der Waals surface area contributed by atoms with Crippen molar-refractivity contribution in [2.75, 3.05) is 11.9 Å². The van der Waals surface area contributed by atoms with Crippen LogP contribution in [0.15, 0.2) is 18.6 Å². The van der Waals surface area contributed by atoms with Gasteiger partial charge in [-0.25, -0.2) is 4.68 Å². The summed E-state index contributed by atoms with van der Waals surface area (Å²) in [7, 11) is 0. The lowest BCUT2D eigenvalue weighted by Crippen LogP contribution is -2.18. The highest BCUT2D eigenvalue weighted by atomic mass is 35.5. The van der Waals surface area contributed by atoms with Gasteiger partial charge in [-0.1, -0.05) is 11.6 Å². The monoisotopic (exact) mass is 351 g/mol. The number of hydrogen-bond acceptors (Lipinski definition) is 4. The molecule has 0 atom stereocenters. The Morgan fingerprint density at radius 2 is 2.13 bits per heavy atom. The van der Waals surface area contributed by atoms with E-state index in [0.29, 0.717) is 6.54 Å². The average Bonchev–Trinajstić information content (AvgIpc) is 3.04. The minimum absolute atomic E-state index is 0.0505. The summed E-state index contributed by atoms with van der Waals surface area (Å²) < 4.78 is 43.0. The van der Waals surface area contributed by atoms with Gasteiger partial charge in [0.1, 0.15) is 13.3 Å². The van der Waals surface area contributed by atoms with Crippen LogP contribution in [0.1, 0.15) is 17.4 Å². The Bertz CT molecular complexity index is 683. The Morgan fingerprint density at radius 3 is 2.74 bits per heavy atom. The van der Waals surface area contributed by atoms with Gasteiger partial charge in [-0.3, -0.25) is 9.48 Å². The molecule has 2 rings (SSSR count). The van der Waals surface area contributed by atoms with E-state index in [2.05, 4.69) is 20.3 Å². The fraction of sp³-hybridized carbons (Fsp3) is 0.417. The molecule has 126 valence electrons. The van der Waals surface area contributed by atoms with Gasteiger partial charge in [-0.05, 0) is 6.92 Å². The van der Waals surface area contributed by atoms with Crippen LogP contribution in [0.3, 0.4) is 0 Å². The maximum Gasteiger partial charge on any atom is 0.411 e.